The third-order valence-corrected chi connectivity index (χ3v) is 3.61. The molecule has 1 N–H and O–H groups in total. The fourth-order valence-corrected chi connectivity index (χ4v) is 2.39. The molecule has 1 aromatic carbocycles. The van der Waals surface area contributed by atoms with Crippen molar-refractivity contribution in [3.05, 3.63) is 34.4 Å². The van der Waals surface area contributed by atoms with Crippen LogP contribution in [0.2, 0.25) is 0 Å². The topological polar surface area (TPSA) is 51.0 Å². The molecule has 1 heterocycles. The average molecular weight is 342 g/mol. The largest absolute Gasteiger partial charge is 0.419 e. The number of halogens is 2. The Morgan fingerprint density at radius 1 is 1.35 bits per heavy atom. The van der Waals surface area contributed by atoms with E-state index in [1.807, 2.05) is 0 Å². The van der Waals surface area contributed by atoms with Crippen molar-refractivity contribution >= 4 is 15.9 Å². The van der Waals surface area contributed by atoms with E-state index >= 15 is 0 Å². The molecule has 2 rings (SSSR count). The van der Waals surface area contributed by atoms with E-state index in [-0.39, 0.29) is 11.9 Å². The number of hydrogen-bond donors (Lipinski definition) is 1. The third kappa shape index (κ3) is 3.43. The van der Waals surface area contributed by atoms with Crippen molar-refractivity contribution in [1.82, 2.24) is 15.5 Å². The molecule has 0 spiro atoms. The van der Waals surface area contributed by atoms with Gasteiger partial charge in [0.15, 0.2) is 0 Å². The van der Waals surface area contributed by atoms with Crippen LogP contribution in [0.1, 0.15) is 38.6 Å². The third-order valence-electron chi connectivity index (χ3n) is 2.95. The molecule has 0 saturated carbocycles. The summed E-state index contributed by atoms with van der Waals surface area (Å²) < 4.78 is 19.4. The fraction of sp³-hybridized carbons (Fsp3) is 0.429. The Labute approximate surface area is 125 Å². The molecule has 2 aromatic rings. The zero-order valence-electron chi connectivity index (χ0n) is 11.5. The lowest BCUT2D eigenvalue weighted by Crippen LogP contribution is -2.21. The van der Waals surface area contributed by atoms with Crippen molar-refractivity contribution in [3.8, 4) is 11.5 Å². The Hall–Kier alpha value is -1.27. The molecule has 0 fully saturated rings. The second-order valence-corrected chi connectivity index (χ2v) is 5.34. The normalized spacial score (nSPS) is 12.6. The minimum Gasteiger partial charge on any atom is -0.419 e. The summed E-state index contributed by atoms with van der Waals surface area (Å²) in [4.78, 5) is 0. The molecule has 0 aliphatic heterocycles. The number of rotatable bonds is 6. The van der Waals surface area contributed by atoms with Gasteiger partial charge in [-0.3, -0.25) is 0 Å². The van der Waals surface area contributed by atoms with Gasteiger partial charge in [0.25, 0.3) is 0 Å². The highest BCUT2D eigenvalue weighted by molar-refractivity contribution is 9.10. The number of nitrogens with one attached hydrogen (secondary N) is 1. The molecule has 0 aliphatic rings. The zero-order valence-corrected chi connectivity index (χ0v) is 13.1. The Morgan fingerprint density at radius 2 is 2.15 bits per heavy atom. The van der Waals surface area contributed by atoms with Crippen LogP contribution in [0, 0.1) is 5.82 Å². The summed E-state index contributed by atoms with van der Waals surface area (Å²) in [5.74, 6) is 0.646. The van der Waals surface area contributed by atoms with Crippen molar-refractivity contribution in [2.24, 2.45) is 0 Å². The minimum absolute atomic E-state index is 0.0513. The highest BCUT2D eigenvalue weighted by atomic mass is 79.9. The highest BCUT2D eigenvalue weighted by Crippen LogP contribution is 2.29. The summed E-state index contributed by atoms with van der Waals surface area (Å²) in [7, 11) is 0. The predicted octanol–water partition coefficient (Wildman–Crippen LogP) is 4.09. The molecule has 1 unspecified atom stereocenters. The summed E-state index contributed by atoms with van der Waals surface area (Å²) >= 11 is 3.31. The summed E-state index contributed by atoms with van der Waals surface area (Å²) in [6.07, 6.45) is 1.91. The first-order valence-electron chi connectivity index (χ1n) is 6.67. The number of aromatic nitrogens is 2. The monoisotopic (exact) mass is 341 g/mol. The molecule has 1 aromatic heterocycles. The maximum atomic E-state index is 13.1. The fourth-order valence-electron chi connectivity index (χ4n) is 1.87. The lowest BCUT2D eigenvalue weighted by atomic mass is 10.2. The van der Waals surface area contributed by atoms with Crippen molar-refractivity contribution in [2.75, 3.05) is 6.54 Å². The molecular formula is C14H17BrFN3O. The predicted molar refractivity (Wildman–Crippen MR) is 78.7 cm³/mol. The van der Waals surface area contributed by atoms with Gasteiger partial charge in [0, 0.05) is 4.47 Å². The molecule has 1 atom stereocenters. The molecule has 0 aliphatic carbocycles. The van der Waals surface area contributed by atoms with Crippen LogP contribution >= 0.6 is 15.9 Å². The van der Waals surface area contributed by atoms with E-state index in [1.54, 1.807) is 6.07 Å². The van der Waals surface area contributed by atoms with Crippen molar-refractivity contribution < 1.29 is 8.81 Å². The van der Waals surface area contributed by atoms with E-state index in [9.17, 15) is 4.39 Å². The van der Waals surface area contributed by atoms with Crippen LogP contribution < -0.4 is 5.32 Å². The number of nitrogens with zero attached hydrogens (tertiary/aromatic N) is 2. The SMILES string of the molecule is CCCNC(CC)c1nnc(-c2ccc(F)cc2Br)o1. The van der Waals surface area contributed by atoms with Gasteiger partial charge in [-0.1, -0.05) is 13.8 Å². The van der Waals surface area contributed by atoms with Crippen LogP contribution in [-0.4, -0.2) is 16.7 Å². The number of benzene rings is 1. The molecule has 6 heteroatoms. The quantitative estimate of drug-likeness (QED) is 0.859. The Morgan fingerprint density at radius 3 is 2.80 bits per heavy atom. The molecule has 4 nitrogen and oxygen atoms in total. The van der Waals surface area contributed by atoms with E-state index < -0.39 is 0 Å². The molecule has 0 saturated heterocycles. The molecule has 0 amide bonds. The van der Waals surface area contributed by atoms with Crippen LogP contribution in [0.25, 0.3) is 11.5 Å². The second kappa shape index (κ2) is 6.95. The van der Waals surface area contributed by atoms with Gasteiger partial charge in [-0.25, -0.2) is 4.39 Å². The van der Waals surface area contributed by atoms with Crippen molar-refractivity contribution in [1.29, 1.82) is 0 Å². The summed E-state index contributed by atoms with van der Waals surface area (Å²) in [6.45, 7) is 5.07. The lowest BCUT2D eigenvalue weighted by molar-refractivity contribution is 0.396. The van der Waals surface area contributed by atoms with E-state index in [2.05, 4.69) is 45.3 Å². The first-order chi connectivity index (χ1) is 9.65. The van der Waals surface area contributed by atoms with Gasteiger partial charge >= 0.3 is 0 Å². The Kier molecular flexibility index (Phi) is 5.25. The summed E-state index contributed by atoms with van der Waals surface area (Å²) in [5, 5.41) is 11.5. The van der Waals surface area contributed by atoms with Crippen LogP contribution in [0.5, 0.6) is 0 Å². The first-order valence-corrected chi connectivity index (χ1v) is 7.47. The van der Waals surface area contributed by atoms with Gasteiger partial charge in [-0.05, 0) is 53.5 Å². The van der Waals surface area contributed by atoms with Crippen molar-refractivity contribution in [2.45, 2.75) is 32.7 Å². The highest BCUT2D eigenvalue weighted by Gasteiger charge is 2.18. The molecule has 20 heavy (non-hydrogen) atoms. The summed E-state index contributed by atoms with van der Waals surface area (Å²) in [5.41, 5.74) is 0.690. The molecule has 0 radical (unpaired) electrons. The lowest BCUT2D eigenvalue weighted by Gasteiger charge is -2.11. The standard InChI is InChI=1S/C14H17BrFN3O/c1-3-7-17-12(4-2)14-19-18-13(20-14)10-6-5-9(16)8-11(10)15/h5-6,8,12,17H,3-4,7H2,1-2H3. The zero-order chi connectivity index (χ0) is 14.5. The molecule has 0 bridgehead atoms. The maximum Gasteiger partial charge on any atom is 0.248 e. The van der Waals surface area contributed by atoms with E-state index in [0.717, 1.165) is 19.4 Å². The van der Waals surface area contributed by atoms with Crippen LogP contribution in [0.15, 0.2) is 27.1 Å². The Bertz CT molecular complexity index is 573. The van der Waals surface area contributed by atoms with Crippen LogP contribution in [-0.2, 0) is 0 Å². The van der Waals surface area contributed by atoms with Gasteiger partial charge in [0.05, 0.1) is 11.6 Å². The Balaban J connectivity index is 2.23. The van der Waals surface area contributed by atoms with Gasteiger partial charge in [-0.2, -0.15) is 0 Å². The van der Waals surface area contributed by atoms with Gasteiger partial charge in [0.2, 0.25) is 11.8 Å². The molecule has 108 valence electrons. The minimum atomic E-state index is -0.309. The second-order valence-electron chi connectivity index (χ2n) is 4.48. The van der Waals surface area contributed by atoms with Crippen LogP contribution in [0.4, 0.5) is 4.39 Å². The molecular weight excluding hydrogens is 325 g/mol. The van der Waals surface area contributed by atoms with Gasteiger partial charge < -0.3 is 9.73 Å². The smallest absolute Gasteiger partial charge is 0.248 e. The average Bonchev–Trinajstić information content (AvgIpc) is 2.89. The van der Waals surface area contributed by atoms with E-state index in [0.29, 0.717) is 21.8 Å². The van der Waals surface area contributed by atoms with Gasteiger partial charge in [-0.15, -0.1) is 10.2 Å². The first kappa shape index (κ1) is 15.1. The maximum absolute atomic E-state index is 13.1. The van der Waals surface area contributed by atoms with Crippen molar-refractivity contribution in [3.63, 3.8) is 0 Å². The van der Waals surface area contributed by atoms with Gasteiger partial charge in [0.1, 0.15) is 5.82 Å². The van der Waals surface area contributed by atoms with E-state index in [4.69, 9.17) is 4.42 Å². The van der Waals surface area contributed by atoms with Crippen LogP contribution in [0.3, 0.4) is 0 Å². The summed E-state index contributed by atoms with van der Waals surface area (Å²) in [6, 6.07) is 4.43. The van der Waals surface area contributed by atoms with E-state index in [1.165, 1.54) is 12.1 Å². The number of hydrogen-bond acceptors (Lipinski definition) is 4.